The van der Waals surface area contributed by atoms with Crippen molar-refractivity contribution in [2.45, 2.75) is 108 Å². The lowest BCUT2D eigenvalue weighted by Gasteiger charge is -2.29. The van der Waals surface area contributed by atoms with E-state index in [1.54, 1.807) is 24.3 Å². The third-order valence-corrected chi connectivity index (χ3v) is 10.7. The number of carbonyl (C=O) groups excluding carboxylic acids is 3. The molecule has 2 aromatic carbocycles. The van der Waals surface area contributed by atoms with Gasteiger partial charge in [-0.3, -0.25) is 9.59 Å². The predicted octanol–water partition coefficient (Wildman–Crippen LogP) is 8.45. The van der Waals surface area contributed by atoms with Crippen molar-refractivity contribution < 1.29 is 24.2 Å². The monoisotopic (exact) mass is 744 g/mol. The number of hydrogen-bond donors (Lipinski definition) is 4. The van der Waals surface area contributed by atoms with Crippen molar-refractivity contribution in [3.8, 4) is 17.0 Å². The molecule has 1 fully saturated rings. The highest BCUT2D eigenvalue weighted by atomic mass is 35.5. The van der Waals surface area contributed by atoms with E-state index in [1.807, 2.05) is 31.3 Å². The number of aromatic hydroxyl groups is 1. The summed E-state index contributed by atoms with van der Waals surface area (Å²) in [5.41, 5.74) is 2.34. The molecule has 12 heteroatoms. The molecule has 0 saturated heterocycles. The molecule has 3 aromatic rings. The summed E-state index contributed by atoms with van der Waals surface area (Å²) < 4.78 is 6.92. The van der Waals surface area contributed by atoms with E-state index >= 15 is 0 Å². The Morgan fingerprint density at radius 3 is 2.42 bits per heavy atom. The van der Waals surface area contributed by atoms with Crippen molar-refractivity contribution in [2.75, 3.05) is 7.11 Å². The van der Waals surface area contributed by atoms with Gasteiger partial charge in [-0.15, -0.1) is 12.6 Å². The van der Waals surface area contributed by atoms with Crippen molar-refractivity contribution in [3.05, 3.63) is 70.1 Å². The average molecular weight is 746 g/mol. The molecule has 2 atom stereocenters. The average Bonchev–Trinajstić information content (AvgIpc) is 3.52. The second-order valence-corrected chi connectivity index (χ2v) is 14.9. The zero-order valence-corrected chi connectivity index (χ0v) is 31.6. The first-order valence-corrected chi connectivity index (χ1v) is 18.9. The van der Waals surface area contributed by atoms with E-state index in [4.69, 9.17) is 32.9 Å². The molecule has 1 heterocycles. The van der Waals surface area contributed by atoms with Crippen LogP contribution < -0.4 is 10.6 Å². The van der Waals surface area contributed by atoms with E-state index in [0.717, 1.165) is 56.1 Å². The summed E-state index contributed by atoms with van der Waals surface area (Å²) in [5, 5.41) is 17.0. The Hall–Kier alpha value is -3.21. The fourth-order valence-electron chi connectivity index (χ4n) is 6.70. The van der Waals surface area contributed by atoms with Crippen molar-refractivity contribution in [2.24, 2.45) is 11.8 Å². The van der Waals surface area contributed by atoms with Gasteiger partial charge in [-0.05, 0) is 93.2 Å². The topological polar surface area (TPSA) is 123 Å². The molecule has 1 saturated carbocycles. The molecule has 1 aliphatic rings. The van der Waals surface area contributed by atoms with Crippen LogP contribution in [0, 0.1) is 11.8 Å². The molecule has 1 aliphatic carbocycles. The summed E-state index contributed by atoms with van der Waals surface area (Å²) in [7, 11) is 1.28. The molecular weight excluding hydrogens is 695 g/mol. The Morgan fingerprint density at radius 2 is 1.78 bits per heavy atom. The summed E-state index contributed by atoms with van der Waals surface area (Å²) in [6.07, 6.45) is 10.8. The minimum absolute atomic E-state index is 0.0327. The largest absolute Gasteiger partial charge is 0.508 e. The van der Waals surface area contributed by atoms with E-state index in [-0.39, 0.29) is 29.9 Å². The lowest BCUT2D eigenvalue weighted by atomic mass is 9.80. The molecule has 0 aliphatic heterocycles. The van der Waals surface area contributed by atoms with E-state index in [9.17, 15) is 19.5 Å². The molecule has 0 radical (unpaired) electrons. The molecular formula is C38H50Cl2N4O5S. The molecule has 0 bridgehead atoms. The number of nitrogens with one attached hydrogen (secondary N) is 2. The number of rotatable bonds is 17. The number of halogens is 2. The van der Waals surface area contributed by atoms with Gasteiger partial charge in [-0.2, -0.15) is 0 Å². The Balaban J connectivity index is 1.54. The maximum Gasteiger partial charge on any atom is 0.341 e. The first kappa shape index (κ1) is 39.6. The summed E-state index contributed by atoms with van der Waals surface area (Å²) in [4.78, 5) is 42.5. The number of hydrogen-bond acceptors (Lipinski definition) is 7. The molecule has 2 amide bonds. The van der Waals surface area contributed by atoms with Crippen molar-refractivity contribution >= 4 is 53.6 Å². The highest BCUT2D eigenvalue weighted by Gasteiger charge is 2.36. The fraction of sp³-hybridized carbons (Fsp3) is 0.526. The number of aromatic nitrogens is 2. The summed E-state index contributed by atoms with van der Waals surface area (Å²) in [6, 6.07) is 11.9. The standard InChI is InChI=1S/C38H50Cl2N4O5S/c1-4-20-38(50,37(48)49-3)43-34(46)9-7-6-8-21-44-24-33(30-19-16-28(39)23-31(30)40)41-35(44)32(22-26-12-17-29(45)18-13-26)42-36(47)27-14-10-25(5-2)11-15-27/h12-13,16-19,23-25,27,32,45,50H,4-11,14-15,20-22H2,1-3H3,(H,42,47)(H,43,46)/t25?,27?,32-,38-/m0/s1. The Morgan fingerprint density at radius 1 is 1.06 bits per heavy atom. The van der Waals surface area contributed by atoms with Crippen LogP contribution in [0.25, 0.3) is 11.3 Å². The van der Waals surface area contributed by atoms with E-state index < -0.39 is 16.9 Å². The van der Waals surface area contributed by atoms with Crippen LogP contribution in [0.5, 0.6) is 5.75 Å². The number of unbranched alkanes of at least 4 members (excludes halogenated alkanes) is 2. The normalized spacial score (nSPS) is 17.8. The number of thiol groups is 1. The van der Waals surface area contributed by atoms with Crippen molar-refractivity contribution in [1.82, 2.24) is 20.2 Å². The molecule has 1 aromatic heterocycles. The zero-order valence-electron chi connectivity index (χ0n) is 29.2. The van der Waals surface area contributed by atoms with Crippen molar-refractivity contribution in [3.63, 3.8) is 0 Å². The lowest BCUT2D eigenvalue weighted by Crippen LogP contribution is -2.50. The maximum atomic E-state index is 13.8. The second-order valence-electron chi connectivity index (χ2n) is 13.3. The quantitative estimate of drug-likeness (QED) is 0.0476. The molecule has 3 N–H and O–H groups in total. The number of nitrogens with zero attached hydrogens (tertiary/aromatic N) is 2. The summed E-state index contributed by atoms with van der Waals surface area (Å²) in [6.45, 7) is 4.71. The molecule has 4 rings (SSSR count). The number of carbonyl (C=O) groups is 3. The Kier molecular flexibility index (Phi) is 14.9. The van der Waals surface area contributed by atoms with E-state index in [2.05, 4.69) is 34.8 Å². The van der Waals surface area contributed by atoms with Gasteiger partial charge < -0.3 is 25.0 Å². The number of ether oxygens (including phenoxy) is 1. The van der Waals surface area contributed by atoms with Crippen LogP contribution >= 0.6 is 35.8 Å². The van der Waals surface area contributed by atoms with E-state index in [0.29, 0.717) is 59.7 Å². The predicted molar refractivity (Wildman–Crippen MR) is 201 cm³/mol. The molecule has 50 heavy (non-hydrogen) atoms. The molecule has 272 valence electrons. The van der Waals surface area contributed by atoms with Gasteiger partial charge in [-0.1, -0.05) is 68.4 Å². The van der Waals surface area contributed by atoms with Crippen LogP contribution in [0.2, 0.25) is 10.0 Å². The van der Waals surface area contributed by atoms with Crippen LogP contribution in [-0.4, -0.2) is 44.4 Å². The van der Waals surface area contributed by atoms with Crippen LogP contribution in [0.4, 0.5) is 0 Å². The van der Waals surface area contributed by atoms with Gasteiger partial charge in [0.15, 0.2) is 4.87 Å². The van der Waals surface area contributed by atoms with Crippen LogP contribution in [-0.2, 0) is 32.1 Å². The summed E-state index contributed by atoms with van der Waals surface area (Å²) in [5.74, 6) is 0.692. The number of phenolic OH excluding ortho intramolecular Hbond substituents is 1. The SMILES string of the molecule is CCC[C@@](S)(NC(=O)CCCCCn1cc(-c2ccc(Cl)cc2Cl)nc1[C@H](Cc1ccc(O)cc1)NC(=O)C1CCC(CC)CC1)C(=O)OC. The highest BCUT2D eigenvalue weighted by Crippen LogP contribution is 2.34. The third kappa shape index (κ3) is 10.9. The first-order valence-electron chi connectivity index (χ1n) is 17.7. The number of esters is 1. The van der Waals surface area contributed by atoms with Gasteiger partial charge >= 0.3 is 5.97 Å². The second kappa shape index (κ2) is 18.9. The fourth-order valence-corrected chi connectivity index (χ4v) is 7.64. The van der Waals surface area contributed by atoms with Gasteiger partial charge in [0, 0.05) is 35.7 Å². The van der Waals surface area contributed by atoms with Gasteiger partial charge in [0.1, 0.15) is 11.6 Å². The third-order valence-electron chi connectivity index (χ3n) is 9.60. The van der Waals surface area contributed by atoms with Gasteiger partial charge in [0.2, 0.25) is 11.8 Å². The number of aryl methyl sites for hydroxylation is 1. The molecule has 0 unspecified atom stereocenters. The number of benzene rings is 2. The Labute approximate surface area is 311 Å². The molecule has 0 spiro atoms. The van der Waals surface area contributed by atoms with Crippen LogP contribution in [0.1, 0.15) is 102 Å². The van der Waals surface area contributed by atoms with Crippen molar-refractivity contribution in [1.29, 1.82) is 0 Å². The number of amides is 2. The van der Waals surface area contributed by atoms with Gasteiger partial charge in [0.25, 0.3) is 0 Å². The maximum absolute atomic E-state index is 13.8. The van der Waals surface area contributed by atoms with Crippen LogP contribution in [0.15, 0.2) is 48.7 Å². The number of phenols is 1. The smallest absolute Gasteiger partial charge is 0.341 e. The minimum Gasteiger partial charge on any atom is -0.508 e. The number of methoxy groups -OCH3 is 1. The summed E-state index contributed by atoms with van der Waals surface area (Å²) >= 11 is 17.3. The minimum atomic E-state index is -1.35. The van der Waals surface area contributed by atoms with E-state index in [1.165, 1.54) is 7.11 Å². The lowest BCUT2D eigenvalue weighted by molar-refractivity contribution is -0.146. The first-order chi connectivity index (χ1) is 24.0. The highest BCUT2D eigenvalue weighted by molar-refractivity contribution is 7.82. The van der Waals surface area contributed by atoms with Crippen LogP contribution in [0.3, 0.4) is 0 Å². The van der Waals surface area contributed by atoms with Gasteiger partial charge in [-0.25, -0.2) is 9.78 Å². The Bertz CT molecular complexity index is 1590. The van der Waals surface area contributed by atoms with Gasteiger partial charge in [0.05, 0.1) is 23.9 Å². The number of imidazole rings is 1. The molecule has 9 nitrogen and oxygen atoms in total. The zero-order chi connectivity index (χ0) is 36.3.